The molecule has 0 saturated carbocycles. The highest BCUT2D eigenvalue weighted by molar-refractivity contribution is 5.79. The summed E-state index contributed by atoms with van der Waals surface area (Å²) in [5, 5.41) is 3.37. The number of methoxy groups -OCH3 is 1. The number of ether oxygens (including phenoxy) is 1. The van der Waals surface area contributed by atoms with E-state index < -0.39 is 0 Å². The Hall–Kier alpha value is -2.43. The average Bonchev–Trinajstić information content (AvgIpc) is 2.99. The average molecular weight is 328 g/mol. The van der Waals surface area contributed by atoms with Gasteiger partial charge in [0.1, 0.15) is 5.75 Å². The first kappa shape index (κ1) is 17.9. The fraction of sp³-hybridized carbons (Fsp3) is 0.421. The monoisotopic (exact) mass is 328 g/mol. The molecule has 24 heavy (non-hydrogen) atoms. The van der Waals surface area contributed by atoms with Crippen LogP contribution in [0.3, 0.4) is 0 Å². The second-order valence-corrected chi connectivity index (χ2v) is 5.80. The SMILES string of the molecule is CCNC(=NCCc1cccc(OC)c1)N(C)Cc1cccn1C. The van der Waals surface area contributed by atoms with Crippen molar-refractivity contribution in [2.75, 3.05) is 27.2 Å². The summed E-state index contributed by atoms with van der Waals surface area (Å²) in [7, 11) is 5.83. The van der Waals surface area contributed by atoms with Crippen molar-refractivity contribution in [1.82, 2.24) is 14.8 Å². The molecule has 0 unspecified atom stereocenters. The van der Waals surface area contributed by atoms with Crippen molar-refractivity contribution in [3.63, 3.8) is 0 Å². The first-order valence-electron chi connectivity index (χ1n) is 8.36. The summed E-state index contributed by atoms with van der Waals surface area (Å²) in [6.07, 6.45) is 2.96. The van der Waals surface area contributed by atoms with E-state index in [0.29, 0.717) is 0 Å². The summed E-state index contributed by atoms with van der Waals surface area (Å²) in [6, 6.07) is 12.4. The molecule has 0 spiro atoms. The van der Waals surface area contributed by atoms with Gasteiger partial charge in [-0.1, -0.05) is 12.1 Å². The van der Waals surface area contributed by atoms with Crippen LogP contribution < -0.4 is 10.1 Å². The van der Waals surface area contributed by atoms with Crippen molar-refractivity contribution in [2.24, 2.45) is 12.0 Å². The van der Waals surface area contributed by atoms with Crippen LogP contribution in [0.25, 0.3) is 0 Å². The van der Waals surface area contributed by atoms with Gasteiger partial charge < -0.3 is 19.5 Å². The molecule has 2 rings (SSSR count). The van der Waals surface area contributed by atoms with Gasteiger partial charge in [-0.2, -0.15) is 0 Å². The van der Waals surface area contributed by atoms with E-state index in [9.17, 15) is 0 Å². The molecule has 0 aliphatic carbocycles. The van der Waals surface area contributed by atoms with E-state index in [-0.39, 0.29) is 0 Å². The number of hydrogen-bond acceptors (Lipinski definition) is 2. The molecule has 0 bridgehead atoms. The molecule has 0 aliphatic heterocycles. The van der Waals surface area contributed by atoms with Crippen LogP contribution in [0.1, 0.15) is 18.2 Å². The first-order valence-corrected chi connectivity index (χ1v) is 8.36. The molecule has 0 radical (unpaired) electrons. The number of nitrogens with one attached hydrogen (secondary N) is 1. The van der Waals surface area contributed by atoms with Crippen molar-refractivity contribution >= 4 is 5.96 Å². The lowest BCUT2D eigenvalue weighted by Crippen LogP contribution is -2.39. The lowest BCUT2D eigenvalue weighted by atomic mass is 10.1. The van der Waals surface area contributed by atoms with Crippen LogP contribution in [-0.4, -0.2) is 42.7 Å². The van der Waals surface area contributed by atoms with Crippen molar-refractivity contribution in [2.45, 2.75) is 19.9 Å². The Morgan fingerprint density at radius 1 is 1.29 bits per heavy atom. The topological polar surface area (TPSA) is 41.8 Å². The van der Waals surface area contributed by atoms with Crippen molar-refractivity contribution in [3.05, 3.63) is 53.9 Å². The van der Waals surface area contributed by atoms with Crippen LogP contribution in [0, 0.1) is 0 Å². The number of aliphatic imine (C=N–C) groups is 1. The number of hydrogen-bond donors (Lipinski definition) is 1. The highest BCUT2D eigenvalue weighted by atomic mass is 16.5. The minimum atomic E-state index is 0.743. The number of rotatable bonds is 7. The van der Waals surface area contributed by atoms with Gasteiger partial charge in [0.2, 0.25) is 0 Å². The molecule has 1 aromatic heterocycles. The Balaban J connectivity index is 1.97. The van der Waals surface area contributed by atoms with Crippen molar-refractivity contribution < 1.29 is 4.74 Å². The van der Waals surface area contributed by atoms with Gasteiger partial charge in [0.25, 0.3) is 0 Å². The molecule has 1 heterocycles. The molecular formula is C19H28N4O. The Morgan fingerprint density at radius 2 is 2.12 bits per heavy atom. The zero-order valence-electron chi connectivity index (χ0n) is 15.1. The molecule has 0 aliphatic rings. The van der Waals surface area contributed by atoms with Gasteiger partial charge in [-0.25, -0.2) is 0 Å². The molecule has 0 fully saturated rings. The summed E-state index contributed by atoms with van der Waals surface area (Å²) in [5.41, 5.74) is 2.50. The highest BCUT2D eigenvalue weighted by Crippen LogP contribution is 2.13. The smallest absolute Gasteiger partial charge is 0.194 e. The summed E-state index contributed by atoms with van der Waals surface area (Å²) in [4.78, 5) is 6.91. The Bertz CT molecular complexity index is 663. The van der Waals surface area contributed by atoms with E-state index in [4.69, 9.17) is 9.73 Å². The fourth-order valence-electron chi connectivity index (χ4n) is 2.57. The lowest BCUT2D eigenvalue weighted by molar-refractivity contribution is 0.414. The van der Waals surface area contributed by atoms with Gasteiger partial charge in [-0.15, -0.1) is 0 Å². The number of aryl methyl sites for hydroxylation is 1. The number of benzene rings is 1. The normalized spacial score (nSPS) is 11.4. The van der Waals surface area contributed by atoms with Crippen molar-refractivity contribution in [3.8, 4) is 5.75 Å². The van der Waals surface area contributed by atoms with Crippen LogP contribution >= 0.6 is 0 Å². The quantitative estimate of drug-likeness (QED) is 0.628. The maximum atomic E-state index is 5.27. The van der Waals surface area contributed by atoms with E-state index >= 15 is 0 Å². The van der Waals surface area contributed by atoms with E-state index in [1.165, 1.54) is 11.3 Å². The Kier molecular flexibility index (Phi) is 6.73. The number of nitrogens with zero attached hydrogens (tertiary/aromatic N) is 3. The summed E-state index contributed by atoms with van der Waals surface area (Å²) in [5.74, 6) is 1.82. The predicted molar refractivity (Wildman–Crippen MR) is 99.6 cm³/mol. The van der Waals surface area contributed by atoms with Crippen LogP contribution in [0.5, 0.6) is 5.75 Å². The third-order valence-corrected chi connectivity index (χ3v) is 3.94. The highest BCUT2D eigenvalue weighted by Gasteiger charge is 2.08. The molecule has 0 amide bonds. The second-order valence-electron chi connectivity index (χ2n) is 5.80. The Morgan fingerprint density at radius 3 is 2.79 bits per heavy atom. The predicted octanol–water partition coefficient (Wildman–Crippen LogP) is 2.67. The molecule has 5 nitrogen and oxygen atoms in total. The van der Waals surface area contributed by atoms with Crippen LogP contribution in [-0.2, 0) is 20.0 Å². The fourth-order valence-corrected chi connectivity index (χ4v) is 2.57. The molecule has 130 valence electrons. The lowest BCUT2D eigenvalue weighted by Gasteiger charge is -2.22. The summed E-state index contributed by atoms with van der Waals surface area (Å²) >= 11 is 0. The number of aromatic nitrogens is 1. The minimum absolute atomic E-state index is 0.743. The molecule has 1 N–H and O–H groups in total. The molecule has 0 saturated heterocycles. The summed E-state index contributed by atoms with van der Waals surface area (Å²) in [6.45, 7) is 4.52. The summed E-state index contributed by atoms with van der Waals surface area (Å²) < 4.78 is 7.41. The largest absolute Gasteiger partial charge is 0.497 e. The van der Waals surface area contributed by atoms with E-state index in [1.807, 2.05) is 12.1 Å². The van der Waals surface area contributed by atoms with E-state index in [2.05, 4.69) is 66.3 Å². The van der Waals surface area contributed by atoms with Gasteiger partial charge in [0.05, 0.1) is 13.7 Å². The van der Waals surface area contributed by atoms with Crippen LogP contribution in [0.2, 0.25) is 0 Å². The van der Waals surface area contributed by atoms with Gasteiger partial charge >= 0.3 is 0 Å². The van der Waals surface area contributed by atoms with Gasteiger partial charge in [-0.05, 0) is 43.2 Å². The standard InChI is InChI=1S/C19H28N4O/c1-5-20-19(23(3)15-17-9-7-13-22(17)2)21-12-11-16-8-6-10-18(14-16)24-4/h6-10,13-14H,5,11-12,15H2,1-4H3,(H,20,21). The second kappa shape index (κ2) is 9.01. The minimum Gasteiger partial charge on any atom is -0.497 e. The van der Waals surface area contributed by atoms with Crippen LogP contribution in [0.15, 0.2) is 47.6 Å². The first-order chi connectivity index (χ1) is 11.6. The maximum absolute atomic E-state index is 5.27. The zero-order chi connectivity index (χ0) is 17.4. The van der Waals surface area contributed by atoms with Gasteiger partial charge in [0.15, 0.2) is 5.96 Å². The Labute approximate surface area is 145 Å². The van der Waals surface area contributed by atoms with E-state index in [1.54, 1.807) is 7.11 Å². The van der Waals surface area contributed by atoms with Gasteiger partial charge in [-0.3, -0.25) is 4.99 Å². The maximum Gasteiger partial charge on any atom is 0.194 e. The molecule has 5 heteroatoms. The third-order valence-electron chi connectivity index (χ3n) is 3.94. The number of guanidine groups is 1. The molecule has 2 aromatic rings. The zero-order valence-corrected chi connectivity index (χ0v) is 15.1. The van der Waals surface area contributed by atoms with Crippen molar-refractivity contribution in [1.29, 1.82) is 0 Å². The van der Waals surface area contributed by atoms with Gasteiger partial charge in [0, 0.05) is 39.1 Å². The molecule has 0 atom stereocenters. The molecule has 1 aromatic carbocycles. The molecular weight excluding hydrogens is 300 g/mol. The third kappa shape index (κ3) is 5.05. The van der Waals surface area contributed by atoms with E-state index in [0.717, 1.165) is 37.8 Å². The van der Waals surface area contributed by atoms with Crippen LogP contribution in [0.4, 0.5) is 0 Å².